The highest BCUT2D eigenvalue weighted by Gasteiger charge is 2.23. The average Bonchev–Trinajstić information content (AvgIpc) is 2.97. The minimum absolute atomic E-state index is 0.178. The van der Waals surface area contributed by atoms with Crippen LogP contribution >= 0.6 is 0 Å². The lowest BCUT2D eigenvalue weighted by Gasteiger charge is -2.17. The molecular formula is C14H20N6O4. The van der Waals surface area contributed by atoms with E-state index in [1.807, 2.05) is 0 Å². The molecule has 1 aromatic heterocycles. The molecule has 0 saturated carbocycles. The molecule has 0 fully saturated rings. The number of H-pyrrole nitrogens is 1. The molecule has 1 heterocycles. The Morgan fingerprint density at radius 1 is 1.21 bits per heavy atom. The van der Waals surface area contributed by atoms with Crippen molar-refractivity contribution in [3.05, 3.63) is 32.4 Å². The summed E-state index contributed by atoms with van der Waals surface area (Å²) in [5.74, 6) is 0.386. The zero-order chi connectivity index (χ0) is 17.7. The molecule has 0 aliphatic heterocycles. The SMILES string of the molecule is CCN(CC)CCCNc1n[nH]c2c([N+](=O)[O-])cc([N+](=O)[O-])cc12. The summed E-state index contributed by atoms with van der Waals surface area (Å²) in [6.45, 7) is 7.67. The van der Waals surface area contributed by atoms with Gasteiger partial charge in [-0.2, -0.15) is 5.10 Å². The number of nitrogens with one attached hydrogen (secondary N) is 2. The molecule has 2 aromatic rings. The molecule has 0 radical (unpaired) electrons. The fourth-order valence-electron chi connectivity index (χ4n) is 2.52. The van der Waals surface area contributed by atoms with Crippen LogP contribution in [0.15, 0.2) is 12.1 Å². The van der Waals surface area contributed by atoms with E-state index >= 15 is 0 Å². The first-order valence-corrected chi connectivity index (χ1v) is 7.75. The largest absolute Gasteiger partial charge is 0.368 e. The summed E-state index contributed by atoms with van der Waals surface area (Å²) in [6.07, 6.45) is 0.868. The van der Waals surface area contributed by atoms with E-state index in [9.17, 15) is 20.2 Å². The number of fused-ring (bicyclic) bond motifs is 1. The predicted molar refractivity (Wildman–Crippen MR) is 90.3 cm³/mol. The van der Waals surface area contributed by atoms with Crippen LogP contribution in [0, 0.1) is 20.2 Å². The van der Waals surface area contributed by atoms with Crippen molar-refractivity contribution in [3.8, 4) is 0 Å². The van der Waals surface area contributed by atoms with Crippen molar-refractivity contribution in [3.63, 3.8) is 0 Å². The van der Waals surface area contributed by atoms with Crippen LogP contribution in [0.5, 0.6) is 0 Å². The summed E-state index contributed by atoms with van der Waals surface area (Å²) in [5.41, 5.74) is -0.512. The summed E-state index contributed by atoms with van der Waals surface area (Å²) >= 11 is 0. The number of nitro groups is 2. The van der Waals surface area contributed by atoms with Crippen molar-refractivity contribution in [2.45, 2.75) is 20.3 Å². The number of anilines is 1. The molecule has 0 atom stereocenters. The van der Waals surface area contributed by atoms with Crippen LogP contribution in [0.1, 0.15) is 20.3 Å². The number of hydrogen-bond donors (Lipinski definition) is 2. The van der Waals surface area contributed by atoms with E-state index in [2.05, 4.69) is 34.3 Å². The van der Waals surface area contributed by atoms with Crippen molar-refractivity contribution < 1.29 is 9.85 Å². The van der Waals surface area contributed by atoms with Crippen LogP contribution in [-0.4, -0.2) is 51.1 Å². The zero-order valence-electron chi connectivity index (χ0n) is 13.6. The number of nitrogens with zero attached hydrogens (tertiary/aromatic N) is 4. The summed E-state index contributed by atoms with van der Waals surface area (Å²) < 4.78 is 0. The Morgan fingerprint density at radius 3 is 2.50 bits per heavy atom. The third kappa shape index (κ3) is 3.77. The van der Waals surface area contributed by atoms with Crippen molar-refractivity contribution in [2.75, 3.05) is 31.5 Å². The monoisotopic (exact) mass is 336 g/mol. The third-order valence-corrected chi connectivity index (χ3v) is 3.88. The van der Waals surface area contributed by atoms with Gasteiger partial charge in [0.15, 0.2) is 5.82 Å². The fraction of sp³-hybridized carbons (Fsp3) is 0.500. The molecule has 2 N–H and O–H groups in total. The number of aromatic nitrogens is 2. The maximum absolute atomic E-state index is 11.1. The van der Waals surface area contributed by atoms with E-state index in [1.54, 1.807) is 0 Å². The molecule has 2 rings (SSSR count). The normalized spacial score (nSPS) is 11.1. The summed E-state index contributed by atoms with van der Waals surface area (Å²) in [4.78, 5) is 23.1. The second-order valence-corrected chi connectivity index (χ2v) is 5.28. The Hall–Kier alpha value is -2.75. The highest BCUT2D eigenvalue weighted by atomic mass is 16.6. The lowest BCUT2D eigenvalue weighted by molar-refractivity contribution is -0.393. The number of non-ortho nitro benzene ring substituents is 2. The van der Waals surface area contributed by atoms with Gasteiger partial charge in [-0.1, -0.05) is 13.8 Å². The molecule has 0 saturated heterocycles. The number of rotatable bonds is 9. The Bertz CT molecular complexity index is 740. The Morgan fingerprint density at radius 2 is 1.92 bits per heavy atom. The highest BCUT2D eigenvalue weighted by Crippen LogP contribution is 2.33. The molecule has 0 amide bonds. The number of nitro benzene ring substituents is 2. The first-order chi connectivity index (χ1) is 11.5. The molecular weight excluding hydrogens is 316 g/mol. The molecule has 10 heteroatoms. The third-order valence-electron chi connectivity index (χ3n) is 3.88. The van der Waals surface area contributed by atoms with E-state index in [-0.39, 0.29) is 16.9 Å². The van der Waals surface area contributed by atoms with Gasteiger partial charge in [-0.25, -0.2) is 0 Å². The Kier molecular flexibility index (Phi) is 5.64. The molecule has 1 aromatic carbocycles. The smallest absolute Gasteiger partial charge is 0.301 e. The van der Waals surface area contributed by atoms with Gasteiger partial charge in [0.25, 0.3) is 5.69 Å². The van der Waals surface area contributed by atoms with Crippen molar-refractivity contribution in [2.24, 2.45) is 0 Å². The molecule has 10 nitrogen and oxygen atoms in total. The van der Waals surface area contributed by atoms with Gasteiger partial charge in [0, 0.05) is 12.6 Å². The van der Waals surface area contributed by atoms with Gasteiger partial charge >= 0.3 is 5.69 Å². The van der Waals surface area contributed by atoms with Crippen molar-refractivity contribution >= 4 is 28.1 Å². The van der Waals surface area contributed by atoms with Crippen LogP contribution in [0.25, 0.3) is 10.9 Å². The molecule has 130 valence electrons. The van der Waals surface area contributed by atoms with Gasteiger partial charge in [0.05, 0.1) is 21.3 Å². The molecule has 0 spiro atoms. The second kappa shape index (κ2) is 7.68. The van der Waals surface area contributed by atoms with Gasteiger partial charge in [-0.3, -0.25) is 25.3 Å². The Balaban J connectivity index is 2.19. The molecule has 0 unspecified atom stereocenters. The van der Waals surface area contributed by atoms with E-state index in [1.165, 1.54) is 6.07 Å². The predicted octanol–water partition coefficient (Wildman–Crippen LogP) is 2.52. The number of hydrogen-bond acceptors (Lipinski definition) is 7. The highest BCUT2D eigenvalue weighted by molar-refractivity contribution is 5.97. The second-order valence-electron chi connectivity index (χ2n) is 5.28. The van der Waals surface area contributed by atoms with Gasteiger partial charge in [-0.15, -0.1) is 0 Å². The minimum atomic E-state index is -0.655. The molecule has 0 aliphatic carbocycles. The number of aromatic amines is 1. The van der Waals surface area contributed by atoms with Crippen LogP contribution in [0.4, 0.5) is 17.2 Å². The number of benzene rings is 1. The summed E-state index contributed by atoms with van der Waals surface area (Å²) in [6, 6.07) is 2.23. The van der Waals surface area contributed by atoms with Crippen LogP contribution in [-0.2, 0) is 0 Å². The maximum atomic E-state index is 11.1. The van der Waals surface area contributed by atoms with Crippen LogP contribution < -0.4 is 5.32 Å². The molecule has 24 heavy (non-hydrogen) atoms. The van der Waals surface area contributed by atoms with Gasteiger partial charge < -0.3 is 10.2 Å². The average molecular weight is 336 g/mol. The standard InChI is InChI=1S/C14H20N6O4/c1-3-18(4-2)7-5-6-15-14-11-8-10(19(21)22)9-12(20(23)24)13(11)16-17-14/h8-9H,3-7H2,1-2H3,(H2,15,16,17). The first-order valence-electron chi connectivity index (χ1n) is 7.75. The first kappa shape index (κ1) is 17.6. The quantitative estimate of drug-likeness (QED) is 0.408. The van der Waals surface area contributed by atoms with Gasteiger partial charge in [0.1, 0.15) is 5.52 Å². The zero-order valence-corrected chi connectivity index (χ0v) is 13.6. The summed E-state index contributed by atoms with van der Waals surface area (Å²) in [7, 11) is 0. The maximum Gasteiger partial charge on any atom is 0.301 e. The topological polar surface area (TPSA) is 130 Å². The minimum Gasteiger partial charge on any atom is -0.368 e. The van der Waals surface area contributed by atoms with E-state index in [4.69, 9.17) is 0 Å². The van der Waals surface area contributed by atoms with Crippen molar-refractivity contribution in [1.29, 1.82) is 0 Å². The van der Waals surface area contributed by atoms with E-state index < -0.39 is 9.85 Å². The van der Waals surface area contributed by atoms with Gasteiger partial charge in [0.2, 0.25) is 0 Å². The molecule has 0 bridgehead atoms. The fourth-order valence-corrected chi connectivity index (χ4v) is 2.52. The van der Waals surface area contributed by atoms with E-state index in [0.717, 1.165) is 32.1 Å². The lowest BCUT2D eigenvalue weighted by Crippen LogP contribution is -2.25. The molecule has 0 aliphatic rings. The van der Waals surface area contributed by atoms with Gasteiger partial charge in [-0.05, 0) is 26.1 Å². The van der Waals surface area contributed by atoms with Crippen molar-refractivity contribution in [1.82, 2.24) is 15.1 Å². The van der Waals surface area contributed by atoms with Crippen LogP contribution in [0.2, 0.25) is 0 Å². The Labute approximate surface area is 138 Å². The lowest BCUT2D eigenvalue weighted by atomic mass is 10.2. The van der Waals surface area contributed by atoms with Crippen LogP contribution in [0.3, 0.4) is 0 Å². The summed E-state index contributed by atoms with van der Waals surface area (Å²) in [5, 5.41) is 32.1. The van der Waals surface area contributed by atoms with E-state index in [0.29, 0.717) is 17.7 Å².